The van der Waals surface area contributed by atoms with Crippen LogP contribution in [0.4, 0.5) is 0 Å². The van der Waals surface area contributed by atoms with E-state index < -0.39 is 0 Å². The molecule has 0 aliphatic carbocycles. The van der Waals surface area contributed by atoms with Gasteiger partial charge in [0.25, 0.3) is 0 Å². The van der Waals surface area contributed by atoms with Crippen LogP contribution in [-0.4, -0.2) is 10.3 Å². The Morgan fingerprint density at radius 1 is 1.29 bits per heavy atom. The first kappa shape index (κ1) is 9.37. The fourth-order valence-electron chi connectivity index (χ4n) is 1.11. The van der Waals surface area contributed by atoms with Gasteiger partial charge in [0.1, 0.15) is 5.75 Å². The van der Waals surface area contributed by atoms with Crippen LogP contribution in [0.25, 0.3) is 11.3 Å². The molecule has 72 valence electrons. The second kappa shape index (κ2) is 3.52. The van der Waals surface area contributed by atoms with Crippen molar-refractivity contribution in [2.24, 2.45) is 0 Å². The molecule has 0 atom stereocenters. The lowest BCUT2D eigenvalue weighted by atomic mass is 10.1. The van der Waals surface area contributed by atoms with Crippen molar-refractivity contribution in [2.45, 2.75) is 0 Å². The predicted octanol–water partition coefficient (Wildman–Crippen LogP) is 3.35. The molecule has 1 N–H and O–H groups in total. The van der Waals surface area contributed by atoms with Crippen LogP contribution in [0.15, 0.2) is 28.9 Å². The van der Waals surface area contributed by atoms with E-state index in [0.717, 1.165) is 0 Å². The highest BCUT2D eigenvalue weighted by Gasteiger charge is 2.12. The van der Waals surface area contributed by atoms with Gasteiger partial charge < -0.3 is 9.63 Å². The maximum atomic E-state index is 9.62. The lowest BCUT2D eigenvalue weighted by Gasteiger charge is -2.03. The monoisotopic (exact) mass is 229 g/mol. The molecule has 0 fully saturated rings. The van der Waals surface area contributed by atoms with Crippen molar-refractivity contribution >= 4 is 23.2 Å². The third-order valence-electron chi connectivity index (χ3n) is 1.73. The minimum Gasteiger partial charge on any atom is -0.506 e. The van der Waals surface area contributed by atoms with Gasteiger partial charge in [-0.3, -0.25) is 0 Å². The minimum atomic E-state index is -0.0622. The second-order valence-electron chi connectivity index (χ2n) is 2.66. The standard InChI is InChI=1S/C9H5Cl2NO2/c10-5-3-6(8-1-2-12-14-8)9(13)7(11)4-5/h1-4,13H. The molecular weight excluding hydrogens is 225 g/mol. The zero-order valence-corrected chi connectivity index (χ0v) is 8.38. The average Bonchev–Trinajstić information content (AvgIpc) is 2.63. The van der Waals surface area contributed by atoms with Crippen LogP contribution in [-0.2, 0) is 0 Å². The van der Waals surface area contributed by atoms with E-state index in [1.807, 2.05) is 0 Å². The molecule has 0 saturated carbocycles. The van der Waals surface area contributed by atoms with Crippen LogP contribution < -0.4 is 0 Å². The zero-order valence-electron chi connectivity index (χ0n) is 6.87. The average molecular weight is 230 g/mol. The van der Waals surface area contributed by atoms with Gasteiger partial charge in [-0.05, 0) is 12.1 Å². The molecule has 2 rings (SSSR count). The first-order chi connectivity index (χ1) is 6.68. The zero-order chi connectivity index (χ0) is 10.1. The first-order valence-corrected chi connectivity index (χ1v) is 4.53. The van der Waals surface area contributed by atoms with E-state index in [2.05, 4.69) is 5.16 Å². The van der Waals surface area contributed by atoms with E-state index in [1.165, 1.54) is 12.3 Å². The van der Waals surface area contributed by atoms with Crippen molar-refractivity contribution in [1.29, 1.82) is 0 Å². The van der Waals surface area contributed by atoms with Gasteiger partial charge in [0.15, 0.2) is 5.76 Å². The molecular formula is C9H5Cl2NO2. The van der Waals surface area contributed by atoms with Crippen LogP contribution in [0.5, 0.6) is 5.75 Å². The van der Waals surface area contributed by atoms with Crippen LogP contribution in [0, 0.1) is 0 Å². The number of phenols is 1. The largest absolute Gasteiger partial charge is 0.506 e. The molecule has 0 saturated heterocycles. The van der Waals surface area contributed by atoms with Crippen molar-refractivity contribution in [2.75, 3.05) is 0 Å². The number of hydrogen-bond donors (Lipinski definition) is 1. The Morgan fingerprint density at radius 3 is 2.71 bits per heavy atom. The summed E-state index contributed by atoms with van der Waals surface area (Å²) in [6, 6.07) is 4.63. The Balaban J connectivity index is 2.64. The molecule has 3 nitrogen and oxygen atoms in total. The maximum absolute atomic E-state index is 9.62. The van der Waals surface area contributed by atoms with Crippen molar-refractivity contribution in [3.8, 4) is 17.1 Å². The number of halogens is 2. The Labute approximate surface area is 89.9 Å². The Kier molecular flexibility index (Phi) is 2.35. The highest BCUT2D eigenvalue weighted by molar-refractivity contribution is 6.36. The minimum absolute atomic E-state index is 0.0622. The molecule has 0 aliphatic heterocycles. The summed E-state index contributed by atoms with van der Waals surface area (Å²) >= 11 is 11.5. The van der Waals surface area contributed by atoms with Gasteiger partial charge in [0, 0.05) is 11.1 Å². The highest BCUT2D eigenvalue weighted by Crippen LogP contribution is 2.37. The molecule has 14 heavy (non-hydrogen) atoms. The van der Waals surface area contributed by atoms with E-state index in [-0.39, 0.29) is 10.8 Å². The lowest BCUT2D eigenvalue weighted by Crippen LogP contribution is -1.78. The first-order valence-electron chi connectivity index (χ1n) is 3.77. The molecule has 0 aliphatic rings. The molecule has 1 heterocycles. The summed E-state index contributed by atoms with van der Waals surface area (Å²) in [4.78, 5) is 0. The van der Waals surface area contributed by atoms with Crippen LogP contribution in [0.2, 0.25) is 10.0 Å². The third-order valence-corrected chi connectivity index (χ3v) is 2.24. The van der Waals surface area contributed by atoms with Crippen molar-refractivity contribution < 1.29 is 9.63 Å². The van der Waals surface area contributed by atoms with Crippen molar-refractivity contribution in [3.05, 3.63) is 34.4 Å². The van der Waals surface area contributed by atoms with Crippen molar-refractivity contribution in [3.63, 3.8) is 0 Å². The van der Waals surface area contributed by atoms with E-state index in [0.29, 0.717) is 16.3 Å². The van der Waals surface area contributed by atoms with Crippen molar-refractivity contribution in [1.82, 2.24) is 5.16 Å². The Hall–Kier alpha value is -1.19. The van der Waals surface area contributed by atoms with E-state index in [1.54, 1.807) is 12.1 Å². The quantitative estimate of drug-likeness (QED) is 0.816. The lowest BCUT2D eigenvalue weighted by molar-refractivity contribution is 0.426. The number of nitrogens with zero attached hydrogens (tertiary/aromatic N) is 1. The van der Waals surface area contributed by atoms with Crippen LogP contribution in [0.1, 0.15) is 0 Å². The molecule has 0 spiro atoms. The number of aromatic hydroxyl groups is 1. The van der Waals surface area contributed by atoms with Gasteiger partial charge in [-0.1, -0.05) is 28.4 Å². The fraction of sp³-hybridized carbons (Fsp3) is 0. The van der Waals surface area contributed by atoms with E-state index in [4.69, 9.17) is 27.7 Å². The summed E-state index contributed by atoms with van der Waals surface area (Å²) in [5, 5.41) is 13.8. The van der Waals surface area contributed by atoms with Gasteiger partial charge in [-0.25, -0.2) is 0 Å². The molecule has 1 aromatic carbocycles. The number of rotatable bonds is 1. The molecule has 0 radical (unpaired) electrons. The molecule has 0 bridgehead atoms. The smallest absolute Gasteiger partial charge is 0.170 e. The molecule has 0 unspecified atom stereocenters. The molecule has 0 amide bonds. The van der Waals surface area contributed by atoms with Gasteiger partial charge >= 0.3 is 0 Å². The molecule has 2 aromatic rings. The summed E-state index contributed by atoms with van der Waals surface area (Å²) in [5.41, 5.74) is 0.431. The van der Waals surface area contributed by atoms with Crippen LogP contribution in [0.3, 0.4) is 0 Å². The van der Waals surface area contributed by atoms with Gasteiger partial charge in [0.05, 0.1) is 16.8 Å². The number of benzene rings is 1. The number of phenolic OH excluding ortho intramolecular Hbond substituents is 1. The fourth-order valence-corrected chi connectivity index (χ4v) is 1.60. The molecule has 5 heteroatoms. The summed E-state index contributed by atoms with van der Waals surface area (Å²) in [6.07, 6.45) is 1.48. The molecule has 1 aromatic heterocycles. The highest BCUT2D eigenvalue weighted by atomic mass is 35.5. The second-order valence-corrected chi connectivity index (χ2v) is 3.50. The topological polar surface area (TPSA) is 46.3 Å². The normalized spacial score (nSPS) is 10.4. The predicted molar refractivity (Wildman–Crippen MR) is 53.6 cm³/mol. The van der Waals surface area contributed by atoms with E-state index in [9.17, 15) is 5.11 Å². The number of hydrogen-bond acceptors (Lipinski definition) is 3. The Bertz CT molecular complexity index is 454. The maximum Gasteiger partial charge on any atom is 0.170 e. The summed E-state index contributed by atoms with van der Waals surface area (Å²) < 4.78 is 4.88. The van der Waals surface area contributed by atoms with Gasteiger partial charge in [-0.15, -0.1) is 0 Å². The third kappa shape index (κ3) is 1.56. The van der Waals surface area contributed by atoms with E-state index >= 15 is 0 Å². The summed E-state index contributed by atoms with van der Waals surface area (Å²) in [6.45, 7) is 0. The Morgan fingerprint density at radius 2 is 2.07 bits per heavy atom. The number of aromatic nitrogens is 1. The SMILES string of the molecule is Oc1c(Cl)cc(Cl)cc1-c1ccno1. The van der Waals surface area contributed by atoms with Crippen LogP contribution >= 0.6 is 23.2 Å². The summed E-state index contributed by atoms with van der Waals surface area (Å²) in [7, 11) is 0. The summed E-state index contributed by atoms with van der Waals surface area (Å²) in [5.74, 6) is 0.361. The van der Waals surface area contributed by atoms with Gasteiger partial charge in [0.2, 0.25) is 0 Å². The van der Waals surface area contributed by atoms with Gasteiger partial charge in [-0.2, -0.15) is 0 Å².